The number of aliphatic carboxylic acids is 1. The number of nitrogens with one attached hydrogen (secondary N) is 2. The van der Waals surface area contributed by atoms with Gasteiger partial charge in [0.05, 0.1) is 29.1 Å². The first-order valence-corrected chi connectivity index (χ1v) is 15.4. The number of carbonyl (C=O) groups is 4. The predicted molar refractivity (Wildman–Crippen MR) is 160 cm³/mol. The zero-order valence-corrected chi connectivity index (χ0v) is 25.5. The monoisotopic (exact) mass is 692 g/mol. The van der Waals surface area contributed by atoms with E-state index < -0.39 is 105 Å². The lowest BCUT2D eigenvalue weighted by Gasteiger charge is -2.38. The van der Waals surface area contributed by atoms with Gasteiger partial charge in [0.15, 0.2) is 0 Å². The van der Waals surface area contributed by atoms with Crippen LogP contribution < -0.4 is 10.6 Å². The third kappa shape index (κ3) is 5.33. The molecule has 4 aliphatic carbocycles. The lowest BCUT2D eigenvalue weighted by molar-refractivity contribution is -0.288. The van der Waals surface area contributed by atoms with Crippen LogP contribution in [-0.4, -0.2) is 51.2 Å². The normalized spacial score (nSPS) is 28.6. The summed E-state index contributed by atoms with van der Waals surface area (Å²) in [4.78, 5) is 50.8. The molecule has 2 aromatic carbocycles. The summed E-state index contributed by atoms with van der Waals surface area (Å²) in [5.74, 6) is -10.9. The lowest BCUT2D eigenvalue weighted by atomic mass is 9.72. The number of carbonyl (C=O) groups excluding carboxylic acids is 3. The van der Waals surface area contributed by atoms with E-state index in [1.54, 1.807) is 24.3 Å². The van der Waals surface area contributed by atoms with E-state index in [2.05, 4.69) is 10.6 Å². The SMILES string of the molecule is CC(=O)C1C2C=CC(C2)C1C(=O)Nc1cc(C(c2ccc(O)c(NC(=O)C3C4C=CC(C4)C3C(=O)O)c2)(C(F)(F)F)C(F)(F)F)ccc1O. The van der Waals surface area contributed by atoms with E-state index in [9.17, 15) is 34.5 Å². The number of carboxylic acids is 1. The molecule has 2 amide bonds. The molecule has 260 valence electrons. The molecular formula is C34H30F6N2O7. The largest absolute Gasteiger partial charge is 0.506 e. The molecule has 2 saturated carbocycles. The Morgan fingerprint density at radius 1 is 0.633 bits per heavy atom. The summed E-state index contributed by atoms with van der Waals surface area (Å²) in [6.07, 6.45) is -4.70. The molecule has 9 nitrogen and oxygen atoms in total. The molecule has 8 unspecified atom stereocenters. The number of halogens is 6. The minimum atomic E-state index is -6.12. The molecule has 6 rings (SSSR count). The highest BCUT2D eigenvalue weighted by Gasteiger charge is 2.72. The van der Waals surface area contributed by atoms with Crippen molar-refractivity contribution in [1.29, 1.82) is 0 Å². The van der Waals surface area contributed by atoms with Crippen LogP contribution >= 0.6 is 0 Å². The third-order valence-electron chi connectivity index (χ3n) is 10.5. The fraction of sp³-hybridized carbons (Fsp3) is 0.412. The Hall–Kier alpha value is -4.82. The number of fused-ring (bicyclic) bond motifs is 4. The predicted octanol–water partition coefficient (Wildman–Crippen LogP) is 5.94. The molecule has 5 N–H and O–H groups in total. The molecule has 0 spiro atoms. The number of benzene rings is 2. The van der Waals surface area contributed by atoms with Crippen molar-refractivity contribution in [2.75, 3.05) is 10.6 Å². The molecule has 49 heavy (non-hydrogen) atoms. The first-order valence-electron chi connectivity index (χ1n) is 15.4. The van der Waals surface area contributed by atoms with Crippen LogP contribution in [0.3, 0.4) is 0 Å². The first-order chi connectivity index (χ1) is 22.9. The van der Waals surface area contributed by atoms with Crippen molar-refractivity contribution in [2.45, 2.75) is 37.5 Å². The molecule has 0 aromatic heterocycles. The lowest BCUT2D eigenvalue weighted by Crippen LogP contribution is -2.54. The Kier molecular flexibility index (Phi) is 8.10. The number of amides is 2. The summed E-state index contributed by atoms with van der Waals surface area (Å²) in [6.45, 7) is 1.28. The quantitative estimate of drug-likeness (QED) is 0.131. The zero-order valence-electron chi connectivity index (χ0n) is 25.5. The van der Waals surface area contributed by atoms with Gasteiger partial charge in [-0.2, -0.15) is 26.3 Å². The standard InChI is InChI=1S/C34H30F6N2O7/c1-14(43)25-15-2-3-16(10-15)26(25)29(46)41-21-12-19(6-8-23(21)44)32(33(35,36)37,34(38,39)40)20-7-9-24(45)22(13-20)42-30(47)27-17-4-5-18(11-17)28(27)31(48)49/h2-9,12-13,15-18,25-28,44-45H,10-11H2,1H3,(H,41,46)(H,42,47)(H,48,49). The average Bonchev–Trinajstić information content (AvgIpc) is 3.80. The number of rotatable bonds is 8. The van der Waals surface area contributed by atoms with E-state index >= 15 is 26.3 Å². The second-order valence-electron chi connectivity index (χ2n) is 13.1. The number of Topliss-reactive ketones (excluding diaryl/α,β-unsaturated/α-hetero) is 1. The van der Waals surface area contributed by atoms with Gasteiger partial charge in [0.25, 0.3) is 0 Å². The number of aromatic hydroxyl groups is 2. The smallest absolute Gasteiger partial charge is 0.411 e. The minimum absolute atomic E-state index is 0.249. The summed E-state index contributed by atoms with van der Waals surface area (Å²) in [5.41, 5.74) is -9.32. The number of phenols is 2. The summed E-state index contributed by atoms with van der Waals surface area (Å²) >= 11 is 0. The van der Waals surface area contributed by atoms with Gasteiger partial charge in [0.1, 0.15) is 17.3 Å². The molecule has 8 atom stereocenters. The number of hydrogen-bond donors (Lipinski definition) is 5. The number of alkyl halides is 6. The van der Waals surface area contributed by atoms with Crippen LogP contribution in [0.4, 0.5) is 37.7 Å². The van der Waals surface area contributed by atoms with E-state index in [0.717, 1.165) is 0 Å². The van der Waals surface area contributed by atoms with Gasteiger partial charge in [0.2, 0.25) is 17.2 Å². The van der Waals surface area contributed by atoms with Crippen LogP contribution in [0.25, 0.3) is 0 Å². The van der Waals surface area contributed by atoms with Gasteiger partial charge >= 0.3 is 18.3 Å². The van der Waals surface area contributed by atoms with Crippen molar-refractivity contribution in [3.8, 4) is 11.5 Å². The van der Waals surface area contributed by atoms with Gasteiger partial charge in [0, 0.05) is 5.92 Å². The summed E-state index contributed by atoms with van der Waals surface area (Å²) in [6, 6.07) is 2.56. The Morgan fingerprint density at radius 2 is 1.00 bits per heavy atom. The maximum atomic E-state index is 15.1. The van der Waals surface area contributed by atoms with Gasteiger partial charge in [-0.1, -0.05) is 36.4 Å². The van der Waals surface area contributed by atoms with Crippen LogP contribution in [0.15, 0.2) is 60.7 Å². The first kappa shape index (κ1) is 34.1. The molecule has 0 radical (unpaired) electrons. The van der Waals surface area contributed by atoms with E-state index in [0.29, 0.717) is 49.2 Å². The number of phenolic OH excluding ortho intramolecular Hbond substituents is 2. The molecule has 15 heteroatoms. The number of hydrogen-bond acceptors (Lipinski definition) is 6. The molecular weight excluding hydrogens is 662 g/mol. The van der Waals surface area contributed by atoms with Gasteiger partial charge in [-0.15, -0.1) is 0 Å². The molecule has 2 fully saturated rings. The number of carboxylic acid groups (broad SMARTS) is 1. The van der Waals surface area contributed by atoms with E-state index in [4.69, 9.17) is 0 Å². The average molecular weight is 693 g/mol. The second-order valence-corrected chi connectivity index (χ2v) is 13.1. The van der Waals surface area contributed by atoms with Crippen molar-refractivity contribution in [3.63, 3.8) is 0 Å². The van der Waals surface area contributed by atoms with Crippen LogP contribution in [0.2, 0.25) is 0 Å². The highest BCUT2D eigenvalue weighted by atomic mass is 19.4. The maximum Gasteiger partial charge on any atom is 0.411 e. The van der Waals surface area contributed by atoms with Gasteiger partial charge < -0.3 is 26.0 Å². The third-order valence-corrected chi connectivity index (χ3v) is 10.5. The van der Waals surface area contributed by atoms with Crippen molar-refractivity contribution < 1.29 is 60.8 Å². The van der Waals surface area contributed by atoms with Crippen molar-refractivity contribution in [2.24, 2.45) is 47.3 Å². The Morgan fingerprint density at radius 3 is 1.37 bits per heavy atom. The molecule has 2 aromatic rings. The van der Waals surface area contributed by atoms with Crippen molar-refractivity contribution in [3.05, 3.63) is 71.8 Å². The topological polar surface area (TPSA) is 153 Å². The summed E-state index contributed by atoms with van der Waals surface area (Å²) in [7, 11) is 0. The Bertz CT molecular complexity index is 1670. The molecule has 0 aliphatic heterocycles. The van der Waals surface area contributed by atoms with E-state index in [1.807, 2.05) is 0 Å². The zero-order chi connectivity index (χ0) is 35.8. The van der Waals surface area contributed by atoms with Crippen LogP contribution in [0.1, 0.15) is 30.9 Å². The molecule has 4 bridgehead atoms. The Labute approximate surface area is 274 Å². The number of ketones is 1. The second kappa shape index (κ2) is 11.7. The summed E-state index contributed by atoms with van der Waals surface area (Å²) < 4.78 is 90.4. The van der Waals surface area contributed by atoms with Crippen molar-refractivity contribution >= 4 is 34.9 Å². The van der Waals surface area contributed by atoms with E-state index in [1.165, 1.54) is 6.92 Å². The fourth-order valence-corrected chi connectivity index (χ4v) is 8.40. The van der Waals surface area contributed by atoms with Crippen molar-refractivity contribution in [1.82, 2.24) is 0 Å². The molecule has 0 saturated heterocycles. The van der Waals surface area contributed by atoms with Crippen LogP contribution in [0.5, 0.6) is 11.5 Å². The van der Waals surface area contributed by atoms with Gasteiger partial charge in [-0.3, -0.25) is 19.2 Å². The Balaban J connectivity index is 1.39. The van der Waals surface area contributed by atoms with Crippen LogP contribution in [-0.2, 0) is 24.6 Å². The van der Waals surface area contributed by atoms with Crippen LogP contribution in [0, 0.1) is 47.3 Å². The maximum absolute atomic E-state index is 15.1. The number of allylic oxidation sites excluding steroid dienone is 4. The van der Waals surface area contributed by atoms with E-state index in [-0.39, 0.29) is 17.6 Å². The minimum Gasteiger partial charge on any atom is -0.506 e. The highest BCUT2D eigenvalue weighted by Crippen LogP contribution is 2.58. The molecule has 4 aliphatic rings. The van der Waals surface area contributed by atoms with Gasteiger partial charge in [-0.25, -0.2) is 0 Å². The summed E-state index contributed by atoms with van der Waals surface area (Å²) in [5, 5.41) is 35.0. The fourth-order valence-electron chi connectivity index (χ4n) is 8.40. The highest BCUT2D eigenvalue weighted by molar-refractivity contribution is 5.99. The molecule has 0 heterocycles. The van der Waals surface area contributed by atoms with Gasteiger partial charge in [-0.05, 0) is 78.8 Å². The number of anilines is 2.